The third kappa shape index (κ3) is 3.18. The monoisotopic (exact) mass is 330 g/mol. The lowest BCUT2D eigenvalue weighted by Crippen LogP contribution is -2.38. The summed E-state index contributed by atoms with van der Waals surface area (Å²) < 4.78 is 20.4. The van der Waals surface area contributed by atoms with Crippen molar-refractivity contribution in [3.8, 4) is 0 Å². The molecule has 1 unspecified atom stereocenters. The van der Waals surface area contributed by atoms with Crippen molar-refractivity contribution in [2.24, 2.45) is 0 Å². The van der Waals surface area contributed by atoms with Crippen LogP contribution in [0.3, 0.4) is 0 Å². The first-order valence-electron chi connectivity index (χ1n) is 6.77. The van der Waals surface area contributed by atoms with Gasteiger partial charge in [-0.25, -0.2) is 4.39 Å². The summed E-state index contributed by atoms with van der Waals surface area (Å²) in [5.41, 5.74) is -0.337. The van der Waals surface area contributed by atoms with Crippen molar-refractivity contribution in [1.82, 2.24) is 0 Å². The molecule has 1 atom stereocenters. The smallest absolute Gasteiger partial charge is 0.129 e. The predicted molar refractivity (Wildman–Crippen MR) is 76.5 cm³/mol. The topological polar surface area (TPSA) is 29.5 Å². The number of benzene rings is 1. The molecule has 1 aliphatic carbocycles. The van der Waals surface area contributed by atoms with Gasteiger partial charge in [-0.3, -0.25) is 0 Å². The summed E-state index contributed by atoms with van der Waals surface area (Å²) in [4.78, 5) is 0. The number of hydrogen-bond acceptors (Lipinski definition) is 2. The zero-order chi connectivity index (χ0) is 13.9. The number of aliphatic hydroxyl groups is 1. The maximum absolute atomic E-state index is 13.9. The first kappa shape index (κ1) is 14.9. The van der Waals surface area contributed by atoms with Crippen LogP contribution in [0, 0.1) is 5.82 Å². The highest BCUT2D eigenvalue weighted by Gasteiger charge is 2.40. The number of methoxy groups -OCH3 is 1. The number of halogens is 2. The molecule has 1 N–H and O–H groups in total. The summed E-state index contributed by atoms with van der Waals surface area (Å²) in [7, 11) is 1.62. The zero-order valence-electron chi connectivity index (χ0n) is 11.2. The van der Waals surface area contributed by atoms with E-state index in [-0.39, 0.29) is 5.82 Å². The van der Waals surface area contributed by atoms with E-state index in [4.69, 9.17) is 4.74 Å². The Balaban J connectivity index is 2.33. The molecule has 0 amide bonds. The predicted octanol–water partition coefficient (Wildman–Crippen LogP) is 4.36. The summed E-state index contributed by atoms with van der Waals surface area (Å²) in [6, 6.07) is 4.66. The van der Waals surface area contributed by atoms with Crippen LogP contribution in [0.5, 0.6) is 0 Å². The van der Waals surface area contributed by atoms with Crippen molar-refractivity contribution in [1.29, 1.82) is 0 Å². The van der Waals surface area contributed by atoms with Gasteiger partial charge in [-0.15, -0.1) is 0 Å². The Bertz CT molecular complexity index is 428. The lowest BCUT2D eigenvalue weighted by molar-refractivity contribution is -0.115. The number of aliphatic hydroxyl groups excluding tert-OH is 1. The van der Waals surface area contributed by atoms with E-state index in [0.29, 0.717) is 5.56 Å². The molecule has 106 valence electrons. The average Bonchev–Trinajstić information content (AvgIpc) is 2.67. The summed E-state index contributed by atoms with van der Waals surface area (Å²) in [6.07, 6.45) is 4.96. The molecule has 1 aromatic carbocycles. The Morgan fingerprint density at radius 2 is 1.89 bits per heavy atom. The molecule has 1 fully saturated rings. The highest BCUT2D eigenvalue weighted by molar-refractivity contribution is 9.10. The minimum atomic E-state index is -0.923. The molecule has 19 heavy (non-hydrogen) atoms. The molecule has 4 heteroatoms. The summed E-state index contributed by atoms with van der Waals surface area (Å²) in [5.74, 6) is -0.378. The Labute approximate surface area is 122 Å². The molecule has 1 aromatic rings. The van der Waals surface area contributed by atoms with Crippen molar-refractivity contribution in [2.45, 2.75) is 50.2 Å². The van der Waals surface area contributed by atoms with Crippen molar-refractivity contribution in [2.75, 3.05) is 7.11 Å². The van der Waals surface area contributed by atoms with E-state index in [9.17, 15) is 9.50 Å². The molecule has 0 heterocycles. The quantitative estimate of drug-likeness (QED) is 0.834. The fourth-order valence-electron chi connectivity index (χ4n) is 2.92. The second-order valence-corrected chi connectivity index (χ2v) is 6.17. The van der Waals surface area contributed by atoms with Gasteiger partial charge in [0.15, 0.2) is 0 Å². The van der Waals surface area contributed by atoms with E-state index in [1.54, 1.807) is 19.2 Å². The van der Waals surface area contributed by atoms with Crippen LogP contribution in [-0.2, 0) is 4.74 Å². The Hall–Kier alpha value is -0.450. The molecule has 1 saturated carbocycles. The fourth-order valence-corrected chi connectivity index (χ4v) is 3.30. The van der Waals surface area contributed by atoms with Crippen molar-refractivity contribution in [3.63, 3.8) is 0 Å². The molecule has 1 aliphatic rings. The van der Waals surface area contributed by atoms with Gasteiger partial charge in [0.1, 0.15) is 11.9 Å². The zero-order valence-corrected chi connectivity index (χ0v) is 12.7. The van der Waals surface area contributed by atoms with Crippen LogP contribution in [0.15, 0.2) is 22.7 Å². The number of rotatable bonds is 3. The van der Waals surface area contributed by atoms with Crippen molar-refractivity contribution >= 4 is 15.9 Å². The van der Waals surface area contributed by atoms with Crippen LogP contribution in [0.25, 0.3) is 0 Å². The van der Waals surface area contributed by atoms with Gasteiger partial charge in [0.05, 0.1) is 5.60 Å². The van der Waals surface area contributed by atoms with E-state index in [2.05, 4.69) is 15.9 Å². The lowest BCUT2D eigenvalue weighted by Gasteiger charge is -2.36. The van der Waals surface area contributed by atoms with Crippen LogP contribution in [0.1, 0.15) is 50.2 Å². The van der Waals surface area contributed by atoms with Gasteiger partial charge in [-0.2, -0.15) is 0 Å². The first-order valence-corrected chi connectivity index (χ1v) is 7.56. The normalized spacial score (nSPS) is 20.8. The lowest BCUT2D eigenvalue weighted by atomic mass is 9.84. The van der Waals surface area contributed by atoms with Crippen LogP contribution in [0.4, 0.5) is 4.39 Å². The summed E-state index contributed by atoms with van der Waals surface area (Å²) in [5, 5.41) is 10.6. The van der Waals surface area contributed by atoms with E-state index in [0.717, 1.165) is 43.0 Å². The molecule has 2 nitrogen and oxygen atoms in total. The molecule has 0 radical (unpaired) electrons. The fraction of sp³-hybridized carbons (Fsp3) is 0.600. The van der Waals surface area contributed by atoms with Gasteiger partial charge < -0.3 is 9.84 Å². The van der Waals surface area contributed by atoms with Crippen LogP contribution < -0.4 is 0 Å². The Morgan fingerprint density at radius 3 is 2.47 bits per heavy atom. The Kier molecular flexibility index (Phi) is 4.98. The molecule has 0 bridgehead atoms. The summed E-state index contributed by atoms with van der Waals surface area (Å²) >= 11 is 3.32. The van der Waals surface area contributed by atoms with Crippen LogP contribution in [-0.4, -0.2) is 17.8 Å². The molecular formula is C15H20BrFO2. The van der Waals surface area contributed by atoms with E-state index in [1.807, 2.05) is 0 Å². The van der Waals surface area contributed by atoms with Crippen molar-refractivity contribution in [3.05, 3.63) is 34.1 Å². The molecular weight excluding hydrogens is 311 g/mol. The maximum atomic E-state index is 13.9. The standard InChI is InChI=1S/C15H20BrFO2/c1-19-15(8-4-2-3-5-9-15)14(18)12-10-11(16)6-7-13(12)17/h6-7,10,14,18H,2-5,8-9H2,1H3. The maximum Gasteiger partial charge on any atom is 0.129 e. The van der Waals surface area contributed by atoms with Gasteiger partial charge in [-0.1, -0.05) is 41.6 Å². The summed E-state index contributed by atoms with van der Waals surface area (Å²) in [6.45, 7) is 0. The average molecular weight is 331 g/mol. The molecule has 0 aromatic heterocycles. The van der Waals surface area contributed by atoms with Gasteiger partial charge in [0, 0.05) is 17.1 Å². The number of hydrogen-bond donors (Lipinski definition) is 1. The SMILES string of the molecule is COC1(C(O)c2cc(Br)ccc2F)CCCCCC1. The van der Waals surface area contributed by atoms with Crippen molar-refractivity contribution < 1.29 is 14.2 Å². The Morgan fingerprint density at radius 1 is 1.26 bits per heavy atom. The van der Waals surface area contributed by atoms with Crippen LogP contribution in [0.2, 0.25) is 0 Å². The second-order valence-electron chi connectivity index (χ2n) is 5.25. The van der Waals surface area contributed by atoms with Crippen LogP contribution >= 0.6 is 15.9 Å². The minimum absolute atomic E-state index is 0.318. The highest BCUT2D eigenvalue weighted by Crippen LogP contribution is 2.41. The molecule has 0 saturated heterocycles. The molecule has 0 aliphatic heterocycles. The second kappa shape index (κ2) is 6.33. The van der Waals surface area contributed by atoms with Gasteiger partial charge in [-0.05, 0) is 31.0 Å². The van der Waals surface area contributed by atoms with Gasteiger partial charge in [0.25, 0.3) is 0 Å². The first-order chi connectivity index (χ1) is 9.09. The minimum Gasteiger partial charge on any atom is -0.385 e. The van der Waals surface area contributed by atoms with E-state index >= 15 is 0 Å². The highest BCUT2D eigenvalue weighted by atomic mass is 79.9. The van der Waals surface area contributed by atoms with E-state index in [1.165, 1.54) is 6.07 Å². The van der Waals surface area contributed by atoms with Gasteiger partial charge >= 0.3 is 0 Å². The third-order valence-corrected chi connectivity index (χ3v) is 4.60. The van der Waals surface area contributed by atoms with Gasteiger partial charge in [0.2, 0.25) is 0 Å². The third-order valence-electron chi connectivity index (χ3n) is 4.11. The number of ether oxygens (including phenoxy) is 1. The molecule has 0 spiro atoms. The van der Waals surface area contributed by atoms with E-state index < -0.39 is 11.7 Å². The largest absolute Gasteiger partial charge is 0.385 e. The molecule has 2 rings (SSSR count).